The summed E-state index contributed by atoms with van der Waals surface area (Å²) in [7, 11) is -1.97. The Hall–Kier alpha value is -2.92. The molecule has 1 aromatic heterocycles. The van der Waals surface area contributed by atoms with E-state index in [0.717, 1.165) is 27.7 Å². The molecule has 0 aliphatic rings. The second kappa shape index (κ2) is 10.4. The Morgan fingerprint density at radius 2 is 1.65 bits per heavy atom. The van der Waals surface area contributed by atoms with Crippen LogP contribution in [0, 0.1) is 5.82 Å². The van der Waals surface area contributed by atoms with Crippen molar-refractivity contribution in [3.8, 4) is 22.6 Å². The zero-order valence-corrected chi connectivity index (χ0v) is 21.3. The van der Waals surface area contributed by atoms with Crippen LogP contribution in [0.4, 0.5) is 10.1 Å². The molecule has 0 aliphatic heterocycles. The van der Waals surface area contributed by atoms with E-state index in [1.807, 2.05) is 20.8 Å². The molecule has 4 rings (SSSR count). The van der Waals surface area contributed by atoms with Crippen LogP contribution in [0.15, 0.2) is 64.3 Å². The molecule has 0 saturated carbocycles. The van der Waals surface area contributed by atoms with Gasteiger partial charge in [0.05, 0.1) is 24.6 Å². The number of fused-ring (bicyclic) bond motifs is 1. The van der Waals surface area contributed by atoms with Crippen molar-refractivity contribution in [3.05, 3.63) is 86.9 Å². The molecular formula is C26H27FN3NaO5S. The van der Waals surface area contributed by atoms with Crippen LogP contribution in [0.5, 0.6) is 5.75 Å². The molecule has 0 fully saturated rings. The van der Waals surface area contributed by atoms with Gasteiger partial charge in [-0.05, 0) is 46.0 Å². The number of aromatic amines is 1. The molecule has 0 spiro atoms. The summed E-state index contributed by atoms with van der Waals surface area (Å²) < 4.78 is 48.5. The van der Waals surface area contributed by atoms with Crippen LogP contribution in [0.25, 0.3) is 27.6 Å². The van der Waals surface area contributed by atoms with Gasteiger partial charge < -0.3 is 4.74 Å². The molecular weight excluding hydrogens is 508 g/mol. The number of nitrogens with one attached hydrogen (secondary N) is 2. The predicted octanol–water partition coefficient (Wildman–Crippen LogP) is 3.51. The summed E-state index contributed by atoms with van der Waals surface area (Å²) in [6, 6.07) is 13.0. The monoisotopic (exact) mass is 535 g/mol. The molecule has 1 heterocycles. The topological polar surface area (TPSA) is 110 Å². The van der Waals surface area contributed by atoms with E-state index >= 15 is 4.39 Å². The van der Waals surface area contributed by atoms with E-state index in [1.54, 1.807) is 42.5 Å². The van der Waals surface area contributed by atoms with Gasteiger partial charge in [0.1, 0.15) is 5.75 Å². The van der Waals surface area contributed by atoms with Crippen molar-refractivity contribution < 1.29 is 17.5 Å². The van der Waals surface area contributed by atoms with E-state index in [1.165, 1.54) is 13.3 Å². The fourth-order valence-electron chi connectivity index (χ4n) is 4.12. The Kier molecular flexibility index (Phi) is 8.09. The van der Waals surface area contributed by atoms with E-state index in [-0.39, 0.29) is 40.8 Å². The maximum atomic E-state index is 16.2. The first-order valence-electron chi connectivity index (χ1n) is 11.0. The van der Waals surface area contributed by atoms with Gasteiger partial charge in [0.2, 0.25) is 10.0 Å². The van der Waals surface area contributed by atoms with Crippen molar-refractivity contribution in [2.45, 2.75) is 26.2 Å². The number of anilines is 1. The minimum absolute atomic E-state index is 0. The fourth-order valence-corrected chi connectivity index (χ4v) is 4.67. The maximum absolute atomic E-state index is 16.2. The van der Waals surface area contributed by atoms with Crippen LogP contribution in [-0.4, -0.2) is 60.9 Å². The summed E-state index contributed by atoms with van der Waals surface area (Å²) in [6.45, 7) is 5.84. The van der Waals surface area contributed by atoms with Gasteiger partial charge in [-0.3, -0.25) is 19.1 Å². The van der Waals surface area contributed by atoms with Crippen LogP contribution >= 0.6 is 0 Å². The second-order valence-electron chi connectivity index (χ2n) is 9.55. The SMILES string of the molecule is COc1c(C(C)(C)C)cc(-n2ccc(=O)[nH]c2=O)c(F)c1-c1ccc2cc(NS(C)(=O)=O)ccc2c1.[NaH]. The number of ether oxygens (including phenoxy) is 1. The van der Waals surface area contributed by atoms with Crippen LogP contribution in [0.1, 0.15) is 26.3 Å². The standard InChI is InChI=1S/C26H26FN3O5S.Na.H/c1-26(2,3)19-14-20(30-11-10-21(31)28-25(30)32)23(27)22(24(19)35-4)17-7-6-16-13-18(29-36(5,33)34)9-8-15(16)12-17;;/h6-14,29H,1-5H3,(H,28,31,32);;. The summed E-state index contributed by atoms with van der Waals surface area (Å²) in [5, 5.41) is 1.49. The number of halogens is 1. The number of rotatable bonds is 5. The van der Waals surface area contributed by atoms with Crippen molar-refractivity contribution in [2.75, 3.05) is 18.1 Å². The van der Waals surface area contributed by atoms with Gasteiger partial charge in [-0.2, -0.15) is 0 Å². The number of hydrogen-bond donors (Lipinski definition) is 2. The molecule has 0 atom stereocenters. The van der Waals surface area contributed by atoms with Gasteiger partial charge in [0, 0.05) is 23.5 Å². The van der Waals surface area contributed by atoms with Gasteiger partial charge in [-0.25, -0.2) is 17.6 Å². The molecule has 0 aliphatic carbocycles. The molecule has 0 bridgehead atoms. The molecule has 0 amide bonds. The van der Waals surface area contributed by atoms with Crippen LogP contribution in [0.2, 0.25) is 0 Å². The third kappa shape index (κ3) is 5.98. The van der Waals surface area contributed by atoms with Gasteiger partial charge >= 0.3 is 35.2 Å². The van der Waals surface area contributed by atoms with E-state index < -0.39 is 32.5 Å². The van der Waals surface area contributed by atoms with E-state index in [4.69, 9.17) is 4.74 Å². The Bertz CT molecular complexity index is 1720. The van der Waals surface area contributed by atoms with Crippen molar-refractivity contribution in [1.82, 2.24) is 9.55 Å². The molecule has 37 heavy (non-hydrogen) atoms. The minimum atomic E-state index is -3.43. The molecule has 2 N–H and O–H groups in total. The van der Waals surface area contributed by atoms with Crippen molar-refractivity contribution in [1.29, 1.82) is 0 Å². The predicted molar refractivity (Wildman–Crippen MR) is 146 cm³/mol. The van der Waals surface area contributed by atoms with Gasteiger partial charge in [-0.1, -0.05) is 39.0 Å². The number of hydrogen-bond acceptors (Lipinski definition) is 5. The molecule has 0 unspecified atom stereocenters. The van der Waals surface area contributed by atoms with Crippen LogP contribution < -0.4 is 20.7 Å². The summed E-state index contributed by atoms with van der Waals surface area (Å²) in [4.78, 5) is 26.3. The third-order valence-electron chi connectivity index (χ3n) is 5.72. The number of nitrogens with zero attached hydrogens (tertiary/aromatic N) is 1. The fraction of sp³-hybridized carbons (Fsp3) is 0.231. The normalized spacial score (nSPS) is 11.7. The molecule has 11 heteroatoms. The first-order chi connectivity index (χ1) is 16.8. The quantitative estimate of drug-likeness (QED) is 0.380. The number of sulfonamides is 1. The zero-order valence-electron chi connectivity index (χ0n) is 20.5. The molecule has 190 valence electrons. The Labute approximate surface area is 235 Å². The van der Waals surface area contributed by atoms with E-state index in [2.05, 4.69) is 9.71 Å². The van der Waals surface area contributed by atoms with E-state index in [9.17, 15) is 18.0 Å². The summed E-state index contributed by atoms with van der Waals surface area (Å²) in [5.41, 5.74) is -0.0912. The Balaban J connectivity index is 0.00000380. The zero-order chi connectivity index (χ0) is 26.4. The van der Waals surface area contributed by atoms with Gasteiger partial charge in [-0.15, -0.1) is 0 Å². The summed E-state index contributed by atoms with van der Waals surface area (Å²) in [5.74, 6) is -0.361. The molecule has 0 radical (unpaired) electrons. The van der Waals surface area contributed by atoms with Crippen molar-refractivity contribution in [2.24, 2.45) is 0 Å². The number of aromatic nitrogens is 2. The van der Waals surface area contributed by atoms with Gasteiger partial charge in [0.25, 0.3) is 5.56 Å². The Morgan fingerprint density at radius 3 is 2.24 bits per heavy atom. The van der Waals surface area contributed by atoms with Crippen LogP contribution in [-0.2, 0) is 15.4 Å². The second-order valence-corrected chi connectivity index (χ2v) is 11.3. The first kappa shape index (κ1) is 28.6. The van der Waals surface area contributed by atoms with Crippen molar-refractivity contribution in [3.63, 3.8) is 0 Å². The average molecular weight is 536 g/mol. The Morgan fingerprint density at radius 1 is 1.00 bits per heavy atom. The van der Waals surface area contributed by atoms with Crippen LogP contribution in [0.3, 0.4) is 0 Å². The number of methoxy groups -OCH3 is 1. The average Bonchev–Trinajstić information content (AvgIpc) is 2.77. The molecule has 0 saturated heterocycles. The molecule has 3 aromatic carbocycles. The number of H-pyrrole nitrogens is 1. The summed E-state index contributed by atoms with van der Waals surface area (Å²) in [6.07, 6.45) is 2.31. The van der Waals surface area contributed by atoms with E-state index in [0.29, 0.717) is 22.6 Å². The first-order valence-corrected chi connectivity index (χ1v) is 12.9. The van der Waals surface area contributed by atoms with Crippen molar-refractivity contribution >= 4 is 56.0 Å². The third-order valence-corrected chi connectivity index (χ3v) is 6.33. The summed E-state index contributed by atoms with van der Waals surface area (Å²) >= 11 is 0. The molecule has 8 nitrogen and oxygen atoms in total. The number of benzene rings is 3. The molecule has 4 aromatic rings. The van der Waals surface area contributed by atoms with Gasteiger partial charge in [0.15, 0.2) is 5.82 Å².